The first kappa shape index (κ1) is 78.0. The summed E-state index contributed by atoms with van der Waals surface area (Å²) in [5.74, 6) is 0. The van der Waals surface area contributed by atoms with Gasteiger partial charge in [0.2, 0.25) is 24.6 Å². The third-order valence-corrected chi connectivity index (χ3v) is 9.32. The Kier molecular flexibility index (Phi) is 66.6. The molecule has 16 nitrogen and oxygen atoms in total. The van der Waals surface area contributed by atoms with Gasteiger partial charge in [-0.1, -0.05) is 160 Å². The quantitative estimate of drug-likeness (QED) is 0.0316. The number of hydrogen-bond acceptors (Lipinski definition) is 16. The Labute approximate surface area is 438 Å². The number of hydrogen-bond donors (Lipinski definition) is 0. The largest absolute Gasteiger partial charge is 4.00 e. The van der Waals surface area contributed by atoms with Crippen LogP contribution in [0.4, 0.5) is 0 Å². The van der Waals surface area contributed by atoms with E-state index in [1.165, 1.54) is 0 Å². The van der Waals surface area contributed by atoms with E-state index in [-0.39, 0.29) is 21.7 Å². The van der Waals surface area contributed by atoms with E-state index in [2.05, 4.69) is 0 Å². The van der Waals surface area contributed by atoms with Gasteiger partial charge in [-0.15, -0.1) is 0 Å². The Hall–Kier alpha value is 0.0743. The normalized spacial score (nSPS) is 11.8. The zero-order valence-corrected chi connectivity index (χ0v) is 48.0. The average molecular weight is 1040 g/mol. The van der Waals surface area contributed by atoms with Crippen LogP contribution in [0.2, 0.25) is 0 Å². The fraction of sp³-hybridized carbons (Fsp3) is 1.00. The molecular weight excluding hydrogens is 928 g/mol. The van der Waals surface area contributed by atoms with Crippen LogP contribution in [0, 0.1) is 0 Å². The molecule has 0 amide bonds. The van der Waals surface area contributed by atoms with Crippen molar-refractivity contribution in [2.75, 3.05) is 79.3 Å². The molecule has 0 saturated heterocycles. The van der Waals surface area contributed by atoms with Crippen LogP contribution in [0.25, 0.3) is 0 Å². The van der Waals surface area contributed by atoms with Crippen LogP contribution in [-0.4, -0.2) is 104 Å². The smallest absolute Gasteiger partial charge is 0.782 e. The van der Waals surface area contributed by atoms with E-state index in [0.29, 0.717) is 79.3 Å². The Morgan fingerprint density at radius 3 is 0.319 bits per heavy atom. The maximum atomic E-state index is 12.1. The number of rotatable bonds is 48. The van der Waals surface area contributed by atoms with E-state index in [9.17, 15) is 20.4 Å². The molecule has 0 bridgehead atoms. The first-order valence-electron chi connectivity index (χ1n) is 27.2. The van der Waals surface area contributed by atoms with Crippen LogP contribution in [0.1, 0.15) is 237 Å². The molecule has 0 spiro atoms. The molecule has 0 aliphatic heterocycles. The summed E-state index contributed by atoms with van der Waals surface area (Å²) in [4.78, 5) is 0. The summed E-state index contributed by atoms with van der Waals surface area (Å²) in [6, 6.07) is 0. The van der Waals surface area contributed by atoms with Crippen molar-refractivity contribution in [1.82, 2.24) is 0 Å². The summed E-state index contributed by atoms with van der Waals surface area (Å²) in [7, 11) is 0. The van der Waals surface area contributed by atoms with Gasteiger partial charge in [0.1, 0.15) is 0 Å². The van der Waals surface area contributed by atoms with Gasteiger partial charge in [-0.05, 0) is 77.0 Å². The molecule has 416 valence electrons. The standard InChI is InChI=1S/4C13H27O4.Ti/c4*1-4-7-10-15-13(14,16-11-8-5-2)17-12-9-6-3;/h4*4-12H2,1-3H3;/q4*-1;+4. The van der Waals surface area contributed by atoms with E-state index in [4.69, 9.17) is 56.8 Å². The van der Waals surface area contributed by atoms with Crippen LogP contribution < -0.4 is 20.4 Å². The number of unbranched alkanes of at least 4 members (excludes halogenated alkanes) is 12. The molecule has 0 saturated carbocycles. The monoisotopic (exact) mass is 1040 g/mol. The van der Waals surface area contributed by atoms with Crippen molar-refractivity contribution in [2.24, 2.45) is 0 Å². The summed E-state index contributed by atoms with van der Waals surface area (Å²) >= 11 is 0. The zero-order chi connectivity index (χ0) is 51.9. The minimum Gasteiger partial charge on any atom is -0.782 e. The van der Waals surface area contributed by atoms with Gasteiger partial charge in [0.25, 0.3) is 0 Å². The second-order valence-electron chi connectivity index (χ2n) is 16.4. The zero-order valence-electron chi connectivity index (χ0n) is 46.5. The first-order chi connectivity index (χ1) is 32.7. The third-order valence-electron chi connectivity index (χ3n) is 9.32. The molecule has 0 aromatic carbocycles. The molecule has 0 rings (SSSR count). The van der Waals surface area contributed by atoms with Crippen molar-refractivity contribution < 1.29 is 99.0 Å². The van der Waals surface area contributed by atoms with Gasteiger partial charge >= 0.3 is 21.7 Å². The van der Waals surface area contributed by atoms with Gasteiger partial charge in [-0.2, -0.15) is 0 Å². The van der Waals surface area contributed by atoms with Crippen LogP contribution in [0.15, 0.2) is 0 Å². The minimum atomic E-state index is -2.10. The summed E-state index contributed by atoms with van der Waals surface area (Å²) in [5, 5.41) is 48.2. The molecule has 0 aromatic rings. The molecule has 0 fully saturated rings. The van der Waals surface area contributed by atoms with Gasteiger partial charge in [-0.25, -0.2) is 0 Å². The second-order valence-corrected chi connectivity index (χ2v) is 16.4. The molecule has 0 unspecified atom stereocenters. The molecule has 0 aliphatic carbocycles. The van der Waals surface area contributed by atoms with Crippen molar-refractivity contribution in [2.45, 2.75) is 262 Å². The Morgan fingerprint density at radius 2 is 0.261 bits per heavy atom. The molecule has 69 heavy (non-hydrogen) atoms. The van der Waals surface area contributed by atoms with Crippen molar-refractivity contribution in [1.29, 1.82) is 0 Å². The second kappa shape index (κ2) is 59.0. The maximum Gasteiger partial charge on any atom is 4.00 e. The summed E-state index contributed by atoms with van der Waals surface area (Å²) in [5.41, 5.74) is 0. The molecule has 0 aliphatic rings. The molecule has 0 atom stereocenters. The summed E-state index contributed by atoms with van der Waals surface area (Å²) in [6.07, 6.45) is 13.6. The Bertz CT molecular complexity index is 691. The predicted molar refractivity (Wildman–Crippen MR) is 261 cm³/mol. The van der Waals surface area contributed by atoms with E-state index < -0.39 is 24.6 Å². The average Bonchev–Trinajstić information content (AvgIpc) is 3.31. The summed E-state index contributed by atoms with van der Waals surface area (Å²) < 4.78 is 62.0. The molecule has 0 aromatic heterocycles. The fourth-order valence-electron chi connectivity index (χ4n) is 4.60. The van der Waals surface area contributed by atoms with Gasteiger partial charge < -0.3 is 77.3 Å². The van der Waals surface area contributed by atoms with Crippen molar-refractivity contribution in [3.05, 3.63) is 0 Å². The summed E-state index contributed by atoms with van der Waals surface area (Å²) in [6.45, 7) is 29.2. The molecule has 0 heterocycles. The van der Waals surface area contributed by atoms with Crippen LogP contribution >= 0.6 is 0 Å². The number of ether oxygens (including phenoxy) is 12. The third kappa shape index (κ3) is 57.2. The molecule has 0 N–H and O–H groups in total. The van der Waals surface area contributed by atoms with E-state index in [0.717, 1.165) is 154 Å². The van der Waals surface area contributed by atoms with E-state index in [1.807, 2.05) is 83.1 Å². The van der Waals surface area contributed by atoms with E-state index >= 15 is 0 Å². The van der Waals surface area contributed by atoms with Gasteiger partial charge in [-0.3, -0.25) is 0 Å². The van der Waals surface area contributed by atoms with Crippen LogP contribution in [0.5, 0.6) is 0 Å². The van der Waals surface area contributed by atoms with Gasteiger partial charge in [0, 0.05) is 0 Å². The fourth-order valence-corrected chi connectivity index (χ4v) is 4.60. The maximum absolute atomic E-state index is 12.1. The first-order valence-corrected chi connectivity index (χ1v) is 27.2. The Balaban J connectivity index is -0.000000263. The Morgan fingerprint density at radius 1 is 0.188 bits per heavy atom. The van der Waals surface area contributed by atoms with Gasteiger partial charge in [0.15, 0.2) is 0 Å². The molecular formula is C52H108O16Ti. The predicted octanol–water partition coefficient (Wildman–Crippen LogP) is 9.63. The van der Waals surface area contributed by atoms with Crippen molar-refractivity contribution in [3.63, 3.8) is 0 Å². The topological polar surface area (TPSA) is 203 Å². The van der Waals surface area contributed by atoms with Gasteiger partial charge in [0.05, 0.1) is 79.3 Å². The minimum absolute atomic E-state index is 0. The van der Waals surface area contributed by atoms with Crippen LogP contribution in [-0.2, 0) is 78.6 Å². The van der Waals surface area contributed by atoms with Crippen LogP contribution in [0.3, 0.4) is 0 Å². The van der Waals surface area contributed by atoms with E-state index in [1.54, 1.807) is 0 Å². The van der Waals surface area contributed by atoms with Crippen molar-refractivity contribution >= 4 is 0 Å². The SMILES string of the molecule is CCCCOC([O-])(OCCCC)OCCCC.CCCCOC([O-])(OCCCC)OCCCC.CCCCOC([O-])(OCCCC)OCCCC.CCCCOC([O-])(OCCCC)OCCCC.[Ti+4]. The molecule has 17 heteroatoms. The van der Waals surface area contributed by atoms with Crippen molar-refractivity contribution in [3.8, 4) is 0 Å². The molecule has 0 radical (unpaired) electrons.